The number of aliphatic hydroxyl groups excluding tert-OH is 2. The van der Waals surface area contributed by atoms with Crippen LogP contribution in [0.5, 0.6) is 0 Å². The maximum Gasteiger partial charge on any atom is 0.472 e. The van der Waals surface area contributed by atoms with E-state index in [-0.39, 0.29) is 19.4 Å². The van der Waals surface area contributed by atoms with E-state index >= 15 is 0 Å². The molecule has 0 saturated heterocycles. The molecule has 0 aromatic carbocycles. The Morgan fingerprint density at radius 1 is 0.456 bits per heavy atom. The molecule has 0 aliphatic carbocycles. The fourth-order valence-corrected chi connectivity index (χ4v) is 7.84. The van der Waals surface area contributed by atoms with Crippen LogP contribution in [-0.4, -0.2) is 65.7 Å². The highest BCUT2D eigenvalue weighted by molar-refractivity contribution is 7.47. The predicted octanol–water partition coefficient (Wildman–Crippen LogP) is 13.0. The minimum Gasteiger partial charge on any atom is -0.462 e. The topological polar surface area (TPSA) is 149 Å². The molecule has 0 bridgehead atoms. The molecule has 3 atom stereocenters. The van der Waals surface area contributed by atoms with E-state index in [9.17, 15) is 24.2 Å². The second-order valence-corrected chi connectivity index (χ2v) is 18.0. The lowest BCUT2D eigenvalue weighted by Crippen LogP contribution is -2.29. The van der Waals surface area contributed by atoms with Gasteiger partial charge in [0.1, 0.15) is 12.7 Å². The molecule has 340 valence electrons. The summed E-state index contributed by atoms with van der Waals surface area (Å²) in [5, 5.41) is 18.3. The summed E-state index contributed by atoms with van der Waals surface area (Å²) < 4.78 is 32.8. The molecule has 1 unspecified atom stereocenters. The first-order chi connectivity index (χ1) is 27.7. The van der Waals surface area contributed by atoms with Crippen LogP contribution in [0.2, 0.25) is 0 Å². The predicted molar refractivity (Wildman–Crippen MR) is 233 cm³/mol. The number of ether oxygens (including phenoxy) is 2. The molecule has 0 radical (unpaired) electrons. The van der Waals surface area contributed by atoms with E-state index in [1.807, 2.05) is 0 Å². The molecule has 0 heterocycles. The minimum atomic E-state index is -4.61. The van der Waals surface area contributed by atoms with Gasteiger partial charge >= 0.3 is 19.8 Å². The third-order valence-corrected chi connectivity index (χ3v) is 11.7. The number of rotatable bonds is 46. The molecule has 0 amide bonds. The molecule has 57 heavy (non-hydrogen) atoms. The molecule has 3 N–H and O–H groups in total. The summed E-state index contributed by atoms with van der Waals surface area (Å²) in [4.78, 5) is 35.0. The summed E-state index contributed by atoms with van der Waals surface area (Å²) in [6.45, 7) is 2.42. The van der Waals surface area contributed by atoms with Crippen LogP contribution in [0.4, 0.5) is 0 Å². The first-order valence-corrected chi connectivity index (χ1v) is 25.5. The summed E-state index contributed by atoms with van der Waals surface area (Å²) in [5.74, 6) is -0.908. The zero-order valence-corrected chi connectivity index (χ0v) is 38.0. The van der Waals surface area contributed by atoms with Crippen molar-refractivity contribution in [3.8, 4) is 0 Å². The van der Waals surface area contributed by atoms with Crippen molar-refractivity contribution in [2.45, 2.75) is 257 Å². The van der Waals surface area contributed by atoms with Gasteiger partial charge in [0.2, 0.25) is 0 Å². The fraction of sp³-hybridized carbons (Fsp3) is 0.957. The third-order valence-electron chi connectivity index (χ3n) is 10.8. The van der Waals surface area contributed by atoms with E-state index in [1.54, 1.807) is 0 Å². The number of unbranched alkanes of at least 4 members (excludes halogenated alkanes) is 32. The van der Waals surface area contributed by atoms with Gasteiger partial charge in [-0.2, -0.15) is 0 Å². The van der Waals surface area contributed by atoms with Gasteiger partial charge in [-0.25, -0.2) is 4.57 Å². The molecule has 0 aliphatic rings. The third kappa shape index (κ3) is 42.9. The van der Waals surface area contributed by atoms with Crippen LogP contribution in [0.15, 0.2) is 0 Å². The number of aliphatic hydroxyl groups is 2. The zero-order chi connectivity index (χ0) is 41.9. The molecule has 11 heteroatoms. The second-order valence-electron chi connectivity index (χ2n) is 16.5. The molecule has 0 aromatic rings. The Hall–Kier alpha value is -1.03. The monoisotopic (exact) mass is 835 g/mol. The highest BCUT2D eigenvalue weighted by Gasteiger charge is 2.27. The Balaban J connectivity index is 4.08. The molecule has 10 nitrogen and oxygen atoms in total. The Morgan fingerprint density at radius 2 is 0.754 bits per heavy atom. The van der Waals surface area contributed by atoms with Crippen molar-refractivity contribution in [3.63, 3.8) is 0 Å². The Bertz CT molecular complexity index is 920. The van der Waals surface area contributed by atoms with E-state index in [2.05, 4.69) is 13.8 Å². The number of phosphoric ester groups is 1. The first-order valence-electron chi connectivity index (χ1n) is 24.0. The molecule has 0 rings (SSSR count). The lowest BCUT2D eigenvalue weighted by molar-refractivity contribution is -0.161. The molecule has 0 saturated carbocycles. The molecule has 0 spiro atoms. The second kappa shape index (κ2) is 43.1. The summed E-state index contributed by atoms with van der Waals surface area (Å²) in [6, 6.07) is 0. The summed E-state index contributed by atoms with van der Waals surface area (Å²) in [7, 11) is -4.61. The normalized spacial score (nSPS) is 13.7. The number of hydrogen-bond donors (Lipinski definition) is 3. The molecular formula is C46H91O10P. The summed E-state index contributed by atoms with van der Waals surface area (Å²) in [5.41, 5.74) is 0. The first kappa shape index (κ1) is 56.0. The van der Waals surface area contributed by atoms with Gasteiger partial charge in [0.25, 0.3) is 0 Å². The highest BCUT2D eigenvalue weighted by Crippen LogP contribution is 2.43. The average Bonchev–Trinajstić information content (AvgIpc) is 3.20. The van der Waals surface area contributed by atoms with Gasteiger partial charge in [-0.1, -0.05) is 219 Å². The van der Waals surface area contributed by atoms with Crippen molar-refractivity contribution >= 4 is 19.8 Å². The molecule has 0 aromatic heterocycles. The van der Waals surface area contributed by atoms with E-state index in [0.29, 0.717) is 12.8 Å². The van der Waals surface area contributed by atoms with Crippen molar-refractivity contribution < 1.29 is 47.8 Å². The van der Waals surface area contributed by atoms with Crippen LogP contribution in [0.25, 0.3) is 0 Å². The SMILES string of the molecule is CCCCCCCCCCCCCCCCCCCCCCCCCC(=O)O[C@H](COC(=O)CCCCCCCCCCCCC)COP(=O)(O)OC[C@@H](O)CO. The van der Waals surface area contributed by atoms with Gasteiger partial charge in [-0.15, -0.1) is 0 Å². The van der Waals surface area contributed by atoms with Crippen LogP contribution in [0.3, 0.4) is 0 Å². The maximum atomic E-state index is 12.6. The van der Waals surface area contributed by atoms with Gasteiger partial charge in [0.05, 0.1) is 19.8 Å². The fourth-order valence-electron chi connectivity index (χ4n) is 7.05. The van der Waals surface area contributed by atoms with Crippen LogP contribution < -0.4 is 0 Å². The Kier molecular flexibility index (Phi) is 42.3. The van der Waals surface area contributed by atoms with E-state index in [0.717, 1.165) is 38.5 Å². The van der Waals surface area contributed by atoms with Crippen LogP contribution >= 0.6 is 7.82 Å². The van der Waals surface area contributed by atoms with Gasteiger partial charge in [0, 0.05) is 12.8 Å². The summed E-state index contributed by atoms with van der Waals surface area (Å²) in [6.07, 6.45) is 40.8. The van der Waals surface area contributed by atoms with Crippen LogP contribution in [0, 0.1) is 0 Å². The van der Waals surface area contributed by atoms with Crippen LogP contribution in [0.1, 0.15) is 245 Å². The summed E-state index contributed by atoms with van der Waals surface area (Å²) >= 11 is 0. The number of esters is 2. The van der Waals surface area contributed by atoms with Crippen LogP contribution in [-0.2, 0) is 32.7 Å². The number of carbonyl (C=O) groups excluding carboxylic acids is 2. The number of phosphoric acid groups is 1. The maximum absolute atomic E-state index is 12.6. The number of hydrogen-bond acceptors (Lipinski definition) is 9. The molecule has 0 fully saturated rings. The molecular weight excluding hydrogens is 743 g/mol. The van der Waals surface area contributed by atoms with Gasteiger partial charge < -0.3 is 24.6 Å². The van der Waals surface area contributed by atoms with Crippen molar-refractivity contribution in [2.24, 2.45) is 0 Å². The van der Waals surface area contributed by atoms with Crippen molar-refractivity contribution in [1.29, 1.82) is 0 Å². The highest BCUT2D eigenvalue weighted by atomic mass is 31.2. The average molecular weight is 835 g/mol. The smallest absolute Gasteiger partial charge is 0.462 e. The lowest BCUT2D eigenvalue weighted by atomic mass is 10.0. The zero-order valence-electron chi connectivity index (χ0n) is 37.1. The van der Waals surface area contributed by atoms with Gasteiger partial charge in [-0.3, -0.25) is 18.6 Å². The number of carbonyl (C=O) groups is 2. The standard InChI is InChI=1S/C46H91O10P/c1-3-5-7-9-11-13-15-16-17-18-19-20-21-22-23-24-25-26-28-30-32-34-36-38-46(50)56-44(42-55-57(51,52)54-40-43(48)39-47)41-53-45(49)37-35-33-31-29-27-14-12-10-8-6-4-2/h43-44,47-48H,3-42H2,1-2H3,(H,51,52)/t43-,44+/m0/s1. The van der Waals surface area contributed by atoms with Crippen molar-refractivity contribution in [1.82, 2.24) is 0 Å². The Labute approximate surface area is 350 Å². The lowest BCUT2D eigenvalue weighted by Gasteiger charge is -2.20. The van der Waals surface area contributed by atoms with E-state index < -0.39 is 51.8 Å². The van der Waals surface area contributed by atoms with Crippen molar-refractivity contribution in [2.75, 3.05) is 26.4 Å². The largest absolute Gasteiger partial charge is 0.472 e. The van der Waals surface area contributed by atoms with Gasteiger partial charge in [0.15, 0.2) is 6.10 Å². The quantitative estimate of drug-likeness (QED) is 0.0307. The molecule has 0 aliphatic heterocycles. The van der Waals surface area contributed by atoms with Crippen molar-refractivity contribution in [3.05, 3.63) is 0 Å². The Morgan fingerprint density at radius 3 is 1.09 bits per heavy atom. The van der Waals surface area contributed by atoms with E-state index in [1.165, 1.54) is 167 Å². The van der Waals surface area contributed by atoms with Gasteiger partial charge in [-0.05, 0) is 12.8 Å². The minimum absolute atomic E-state index is 0.193. The van der Waals surface area contributed by atoms with E-state index in [4.69, 9.17) is 23.6 Å².